The molecule has 0 aromatic carbocycles. The summed E-state index contributed by atoms with van der Waals surface area (Å²) in [5, 5.41) is 11.2. The maximum atomic E-state index is 11.2. The number of aliphatic hydroxyl groups excluding tert-OH is 1. The quantitative estimate of drug-likeness (QED) is 0.867. The van der Waals surface area contributed by atoms with Crippen molar-refractivity contribution in [2.45, 2.75) is 68.6 Å². The molecule has 0 bridgehead atoms. The molecular weight excluding hydrogens is 266 g/mol. The standard InChI is InChI=1S/C17H31NO3/c1-18(2)17(6-3-4-7-17)15(19)14-5-10-21-16(13-14)8-11-20-12-9-16/h14-15,19H,3-13H2,1-2H3. The van der Waals surface area contributed by atoms with Crippen LogP contribution in [-0.2, 0) is 9.47 Å². The van der Waals surface area contributed by atoms with Crippen LogP contribution in [0.25, 0.3) is 0 Å². The van der Waals surface area contributed by atoms with Crippen LogP contribution < -0.4 is 0 Å². The predicted octanol–water partition coefficient (Wildman–Crippen LogP) is 2.20. The number of rotatable bonds is 3. The summed E-state index contributed by atoms with van der Waals surface area (Å²) < 4.78 is 11.6. The first-order chi connectivity index (χ1) is 10.1. The summed E-state index contributed by atoms with van der Waals surface area (Å²) >= 11 is 0. The van der Waals surface area contributed by atoms with E-state index in [0.29, 0.717) is 5.92 Å². The average molecular weight is 297 g/mol. The number of likely N-dealkylation sites (N-methyl/N-ethyl adjacent to an activating group) is 1. The van der Waals surface area contributed by atoms with Gasteiger partial charge in [-0.15, -0.1) is 0 Å². The summed E-state index contributed by atoms with van der Waals surface area (Å²) in [5.41, 5.74) is -0.0252. The van der Waals surface area contributed by atoms with Gasteiger partial charge in [-0.1, -0.05) is 12.8 Å². The molecule has 3 rings (SSSR count). The van der Waals surface area contributed by atoms with Crippen LogP contribution in [0.4, 0.5) is 0 Å². The molecule has 0 aromatic rings. The molecule has 4 heteroatoms. The van der Waals surface area contributed by atoms with E-state index >= 15 is 0 Å². The lowest BCUT2D eigenvalue weighted by Gasteiger charge is -2.49. The fraction of sp³-hybridized carbons (Fsp3) is 1.00. The Hall–Kier alpha value is -0.160. The van der Waals surface area contributed by atoms with E-state index in [1.54, 1.807) is 0 Å². The average Bonchev–Trinajstić information content (AvgIpc) is 2.98. The molecule has 2 heterocycles. The third kappa shape index (κ3) is 2.88. The Morgan fingerprint density at radius 2 is 1.71 bits per heavy atom. The van der Waals surface area contributed by atoms with Crippen molar-refractivity contribution in [2.24, 2.45) is 5.92 Å². The lowest BCUT2D eigenvalue weighted by molar-refractivity contribution is -0.170. The first kappa shape index (κ1) is 15.7. The third-order valence-corrected chi connectivity index (χ3v) is 6.29. The second kappa shape index (κ2) is 6.15. The summed E-state index contributed by atoms with van der Waals surface area (Å²) in [7, 11) is 4.27. The van der Waals surface area contributed by atoms with Crippen molar-refractivity contribution in [1.29, 1.82) is 0 Å². The fourth-order valence-corrected chi connectivity index (χ4v) is 4.86. The molecule has 3 fully saturated rings. The number of ether oxygens (including phenoxy) is 2. The van der Waals surface area contributed by atoms with Crippen LogP contribution in [0.2, 0.25) is 0 Å². The lowest BCUT2D eigenvalue weighted by Crippen LogP contribution is -2.57. The van der Waals surface area contributed by atoms with Crippen LogP contribution in [0.5, 0.6) is 0 Å². The molecule has 1 aliphatic carbocycles. The molecule has 0 aromatic heterocycles. The van der Waals surface area contributed by atoms with Crippen molar-refractivity contribution in [3.05, 3.63) is 0 Å². The van der Waals surface area contributed by atoms with E-state index in [4.69, 9.17) is 9.47 Å². The third-order valence-electron chi connectivity index (χ3n) is 6.29. The molecule has 2 saturated heterocycles. The Morgan fingerprint density at radius 1 is 1.05 bits per heavy atom. The van der Waals surface area contributed by atoms with Crippen molar-refractivity contribution >= 4 is 0 Å². The van der Waals surface area contributed by atoms with Crippen molar-refractivity contribution in [2.75, 3.05) is 33.9 Å². The smallest absolute Gasteiger partial charge is 0.0753 e. The normalized spacial score (nSPS) is 33.4. The van der Waals surface area contributed by atoms with Gasteiger partial charge in [-0.2, -0.15) is 0 Å². The maximum Gasteiger partial charge on any atom is 0.0753 e. The van der Waals surface area contributed by atoms with Gasteiger partial charge in [0.15, 0.2) is 0 Å². The molecule has 4 nitrogen and oxygen atoms in total. The largest absolute Gasteiger partial charge is 0.391 e. The minimum atomic E-state index is -0.224. The minimum Gasteiger partial charge on any atom is -0.391 e. The van der Waals surface area contributed by atoms with Crippen LogP contribution in [0, 0.1) is 5.92 Å². The molecule has 0 amide bonds. The summed E-state index contributed by atoms with van der Waals surface area (Å²) in [4.78, 5) is 2.29. The summed E-state index contributed by atoms with van der Waals surface area (Å²) in [6.07, 6.45) is 8.53. The van der Waals surface area contributed by atoms with Crippen LogP contribution in [0.1, 0.15) is 51.4 Å². The fourth-order valence-electron chi connectivity index (χ4n) is 4.86. The molecule has 1 saturated carbocycles. The number of aliphatic hydroxyl groups is 1. The van der Waals surface area contributed by atoms with E-state index in [-0.39, 0.29) is 17.2 Å². The van der Waals surface area contributed by atoms with Crippen molar-refractivity contribution in [1.82, 2.24) is 4.90 Å². The minimum absolute atomic E-state index is 0.00559. The van der Waals surface area contributed by atoms with Gasteiger partial charge in [0.2, 0.25) is 0 Å². The summed E-state index contributed by atoms with van der Waals surface area (Å²) in [6, 6.07) is 0. The predicted molar refractivity (Wildman–Crippen MR) is 82.4 cm³/mol. The maximum absolute atomic E-state index is 11.2. The van der Waals surface area contributed by atoms with Gasteiger partial charge < -0.3 is 19.5 Å². The monoisotopic (exact) mass is 297 g/mol. The highest BCUT2D eigenvalue weighted by Gasteiger charge is 2.49. The first-order valence-corrected chi connectivity index (χ1v) is 8.65. The highest BCUT2D eigenvalue weighted by molar-refractivity contribution is 5.03. The van der Waals surface area contributed by atoms with Gasteiger partial charge in [0.25, 0.3) is 0 Å². The number of nitrogens with zero attached hydrogens (tertiary/aromatic N) is 1. The SMILES string of the molecule is CN(C)C1(C(O)C2CCOC3(CCOCC3)C2)CCCC1. The van der Waals surface area contributed by atoms with Gasteiger partial charge in [0.1, 0.15) is 0 Å². The van der Waals surface area contributed by atoms with Crippen LogP contribution in [0.15, 0.2) is 0 Å². The van der Waals surface area contributed by atoms with Gasteiger partial charge in [-0.3, -0.25) is 0 Å². The number of hydrogen-bond acceptors (Lipinski definition) is 4. The van der Waals surface area contributed by atoms with Gasteiger partial charge in [-0.25, -0.2) is 0 Å². The first-order valence-electron chi connectivity index (χ1n) is 8.65. The lowest BCUT2D eigenvalue weighted by atomic mass is 9.72. The Bertz CT molecular complexity index is 340. The Morgan fingerprint density at radius 3 is 2.33 bits per heavy atom. The molecule has 21 heavy (non-hydrogen) atoms. The van der Waals surface area contributed by atoms with Crippen molar-refractivity contribution in [3.8, 4) is 0 Å². The van der Waals surface area contributed by atoms with Crippen LogP contribution >= 0.6 is 0 Å². The molecule has 122 valence electrons. The van der Waals surface area contributed by atoms with Crippen molar-refractivity contribution < 1.29 is 14.6 Å². The molecule has 3 aliphatic rings. The van der Waals surface area contributed by atoms with Crippen molar-refractivity contribution in [3.63, 3.8) is 0 Å². The highest BCUT2D eigenvalue weighted by atomic mass is 16.5. The van der Waals surface area contributed by atoms with E-state index < -0.39 is 0 Å². The topological polar surface area (TPSA) is 41.9 Å². The van der Waals surface area contributed by atoms with E-state index in [9.17, 15) is 5.11 Å². The molecule has 2 aliphatic heterocycles. The molecule has 0 radical (unpaired) electrons. The Balaban J connectivity index is 1.73. The van der Waals surface area contributed by atoms with E-state index in [1.807, 2.05) is 0 Å². The second-order valence-corrected chi connectivity index (χ2v) is 7.55. The van der Waals surface area contributed by atoms with Crippen LogP contribution in [-0.4, -0.2) is 61.2 Å². The van der Waals surface area contributed by atoms with E-state index in [2.05, 4.69) is 19.0 Å². The van der Waals surface area contributed by atoms with Gasteiger partial charge >= 0.3 is 0 Å². The van der Waals surface area contributed by atoms with Crippen LogP contribution in [0.3, 0.4) is 0 Å². The van der Waals surface area contributed by atoms with Gasteiger partial charge in [0, 0.05) is 25.4 Å². The zero-order chi connectivity index (χ0) is 14.9. The molecular formula is C17H31NO3. The van der Waals surface area contributed by atoms with Gasteiger partial charge in [0.05, 0.1) is 11.7 Å². The zero-order valence-electron chi connectivity index (χ0n) is 13.6. The van der Waals surface area contributed by atoms with E-state index in [1.165, 1.54) is 12.8 Å². The summed E-state index contributed by atoms with van der Waals surface area (Å²) in [5.74, 6) is 0.373. The number of hydrogen-bond donors (Lipinski definition) is 1. The highest BCUT2D eigenvalue weighted by Crippen LogP contribution is 2.45. The van der Waals surface area contributed by atoms with Gasteiger partial charge in [-0.05, 0) is 58.5 Å². The zero-order valence-corrected chi connectivity index (χ0v) is 13.6. The molecule has 2 atom stereocenters. The molecule has 1 spiro atoms. The Labute approximate surface area is 128 Å². The second-order valence-electron chi connectivity index (χ2n) is 7.55. The molecule has 2 unspecified atom stereocenters. The Kier molecular flexibility index (Phi) is 4.60. The van der Waals surface area contributed by atoms with E-state index in [0.717, 1.165) is 58.3 Å². The molecule has 1 N–H and O–H groups in total. The summed E-state index contributed by atoms with van der Waals surface area (Å²) in [6.45, 7) is 2.41.